The Kier molecular flexibility index (Phi) is 10.0. The van der Waals surface area contributed by atoms with Crippen LogP contribution in [0.2, 0.25) is 10.0 Å². The zero-order valence-corrected chi connectivity index (χ0v) is 21.2. The predicted molar refractivity (Wildman–Crippen MR) is 136 cm³/mol. The van der Waals surface area contributed by atoms with Gasteiger partial charge in [0.05, 0.1) is 23.2 Å². The first kappa shape index (κ1) is 26.3. The number of carbonyl (C=O) groups excluding carboxylic acids is 2. The summed E-state index contributed by atoms with van der Waals surface area (Å²) in [5, 5.41) is 6.30. The number of likely N-dealkylation sites (tertiary alicyclic amines) is 1. The number of rotatable bonds is 11. The van der Waals surface area contributed by atoms with E-state index in [1.165, 1.54) is 11.6 Å². The first-order chi connectivity index (χ1) is 16.3. The fourth-order valence-corrected chi connectivity index (χ4v) is 4.09. The Balaban J connectivity index is 1.36. The third-order valence-electron chi connectivity index (χ3n) is 5.58. The maximum absolute atomic E-state index is 12.3. The maximum atomic E-state index is 12.3. The molecule has 2 aromatic rings. The molecule has 1 heterocycles. The van der Waals surface area contributed by atoms with Gasteiger partial charge in [0.25, 0.3) is 5.91 Å². The van der Waals surface area contributed by atoms with Crippen LogP contribution in [0.15, 0.2) is 42.5 Å². The first-order valence-electron chi connectivity index (χ1n) is 11.4. The smallest absolute Gasteiger partial charge is 0.251 e. The number of nitrogens with one attached hydrogen (secondary N) is 2. The van der Waals surface area contributed by atoms with E-state index in [-0.39, 0.29) is 24.4 Å². The summed E-state index contributed by atoms with van der Waals surface area (Å²) >= 11 is 11.8. The highest BCUT2D eigenvalue weighted by Gasteiger charge is 2.24. The highest BCUT2D eigenvalue weighted by molar-refractivity contribution is 6.42. The topological polar surface area (TPSA) is 73.9 Å². The molecule has 0 radical (unpaired) electrons. The molecule has 0 spiro atoms. The SMILES string of the molecule is CN(C)CCCOc1ccc(CN2CC[C@H](NC(=O)CNC(=O)c3ccc(Cl)c(Cl)c3)C2)cc1. The number of hydrogen-bond donors (Lipinski definition) is 2. The van der Waals surface area contributed by atoms with Gasteiger partial charge in [-0.3, -0.25) is 14.5 Å². The summed E-state index contributed by atoms with van der Waals surface area (Å²) in [4.78, 5) is 29.0. The van der Waals surface area contributed by atoms with Crippen LogP contribution < -0.4 is 15.4 Å². The second-order valence-corrected chi connectivity index (χ2v) is 9.56. The van der Waals surface area contributed by atoms with E-state index in [2.05, 4.69) is 46.7 Å². The van der Waals surface area contributed by atoms with E-state index in [9.17, 15) is 9.59 Å². The van der Waals surface area contributed by atoms with Crippen molar-refractivity contribution < 1.29 is 14.3 Å². The largest absolute Gasteiger partial charge is 0.494 e. The molecule has 34 heavy (non-hydrogen) atoms. The fourth-order valence-electron chi connectivity index (χ4n) is 3.79. The molecule has 184 valence electrons. The molecule has 7 nitrogen and oxygen atoms in total. The lowest BCUT2D eigenvalue weighted by molar-refractivity contribution is -0.120. The van der Waals surface area contributed by atoms with Gasteiger partial charge < -0.3 is 20.3 Å². The van der Waals surface area contributed by atoms with Crippen molar-refractivity contribution in [3.8, 4) is 5.75 Å². The molecule has 9 heteroatoms. The van der Waals surface area contributed by atoms with Crippen LogP contribution in [-0.4, -0.2) is 74.5 Å². The molecule has 0 aromatic heterocycles. The van der Waals surface area contributed by atoms with E-state index in [4.69, 9.17) is 27.9 Å². The molecule has 1 saturated heterocycles. The fraction of sp³-hybridized carbons (Fsp3) is 0.440. The Morgan fingerprint density at radius 1 is 1.12 bits per heavy atom. The van der Waals surface area contributed by atoms with Crippen molar-refractivity contribution >= 4 is 35.0 Å². The number of halogens is 2. The lowest BCUT2D eigenvalue weighted by Crippen LogP contribution is -2.43. The summed E-state index contributed by atoms with van der Waals surface area (Å²) in [7, 11) is 4.11. The van der Waals surface area contributed by atoms with Crippen LogP contribution >= 0.6 is 23.2 Å². The monoisotopic (exact) mass is 506 g/mol. The molecule has 1 aliphatic rings. The van der Waals surface area contributed by atoms with Crippen molar-refractivity contribution in [3.63, 3.8) is 0 Å². The lowest BCUT2D eigenvalue weighted by atomic mass is 10.2. The van der Waals surface area contributed by atoms with Crippen LogP contribution in [0.4, 0.5) is 0 Å². The van der Waals surface area contributed by atoms with Gasteiger partial charge in [-0.15, -0.1) is 0 Å². The Labute approximate surface area is 211 Å². The van der Waals surface area contributed by atoms with Crippen molar-refractivity contribution in [3.05, 3.63) is 63.6 Å². The molecule has 0 bridgehead atoms. The van der Waals surface area contributed by atoms with Crippen molar-refractivity contribution in [1.29, 1.82) is 0 Å². The van der Waals surface area contributed by atoms with Crippen LogP contribution in [0.3, 0.4) is 0 Å². The van der Waals surface area contributed by atoms with Gasteiger partial charge in [0.2, 0.25) is 5.91 Å². The van der Waals surface area contributed by atoms with Gasteiger partial charge in [-0.25, -0.2) is 0 Å². The van der Waals surface area contributed by atoms with E-state index < -0.39 is 0 Å². The average Bonchev–Trinajstić information content (AvgIpc) is 3.24. The molecule has 0 unspecified atom stereocenters. The molecule has 3 rings (SSSR count). The maximum Gasteiger partial charge on any atom is 0.251 e. The Morgan fingerprint density at radius 3 is 2.59 bits per heavy atom. The zero-order chi connectivity index (χ0) is 24.5. The highest BCUT2D eigenvalue weighted by Crippen LogP contribution is 2.22. The van der Waals surface area contributed by atoms with E-state index in [1.807, 2.05) is 12.1 Å². The molecule has 1 aliphatic heterocycles. The number of carbonyl (C=O) groups is 2. The summed E-state index contributed by atoms with van der Waals surface area (Å²) in [6.45, 7) is 4.12. The zero-order valence-electron chi connectivity index (χ0n) is 19.7. The lowest BCUT2D eigenvalue weighted by Gasteiger charge is -2.17. The molecule has 0 saturated carbocycles. The van der Waals surface area contributed by atoms with Crippen molar-refractivity contribution in [1.82, 2.24) is 20.4 Å². The molecule has 1 fully saturated rings. The molecular weight excluding hydrogens is 475 g/mol. The van der Waals surface area contributed by atoms with Crippen molar-refractivity contribution in [2.45, 2.75) is 25.4 Å². The summed E-state index contributed by atoms with van der Waals surface area (Å²) < 4.78 is 5.79. The van der Waals surface area contributed by atoms with E-state index in [0.29, 0.717) is 22.2 Å². The molecule has 2 aromatic carbocycles. The van der Waals surface area contributed by atoms with Gasteiger partial charge in [-0.05, 0) is 62.8 Å². The molecule has 0 aliphatic carbocycles. The summed E-state index contributed by atoms with van der Waals surface area (Å²) in [5.74, 6) is 0.305. The van der Waals surface area contributed by atoms with Gasteiger partial charge in [0, 0.05) is 37.8 Å². The summed E-state index contributed by atoms with van der Waals surface area (Å²) in [6.07, 6.45) is 1.87. The summed E-state index contributed by atoms with van der Waals surface area (Å²) in [6, 6.07) is 12.9. The molecular formula is C25H32Cl2N4O3. The quantitative estimate of drug-likeness (QED) is 0.456. The Hall–Kier alpha value is -2.32. The predicted octanol–water partition coefficient (Wildman–Crippen LogP) is 3.44. The number of hydrogen-bond acceptors (Lipinski definition) is 5. The van der Waals surface area contributed by atoms with E-state index >= 15 is 0 Å². The number of ether oxygens (including phenoxy) is 1. The third-order valence-corrected chi connectivity index (χ3v) is 6.32. The number of amides is 2. The molecule has 2 amide bonds. The van der Waals surface area contributed by atoms with E-state index in [1.54, 1.807) is 12.1 Å². The minimum Gasteiger partial charge on any atom is -0.494 e. The molecule has 2 N–H and O–H groups in total. The van der Waals surface area contributed by atoms with Crippen LogP contribution in [-0.2, 0) is 11.3 Å². The highest BCUT2D eigenvalue weighted by atomic mass is 35.5. The van der Waals surface area contributed by atoms with Gasteiger partial charge >= 0.3 is 0 Å². The van der Waals surface area contributed by atoms with Gasteiger partial charge in [-0.2, -0.15) is 0 Å². The Morgan fingerprint density at radius 2 is 1.88 bits per heavy atom. The normalized spacial score (nSPS) is 16.0. The van der Waals surface area contributed by atoms with Crippen LogP contribution in [0.1, 0.15) is 28.8 Å². The third kappa shape index (κ3) is 8.47. The average molecular weight is 507 g/mol. The standard InChI is InChI=1S/C25H32Cl2N4O3/c1-30(2)11-3-13-34-21-7-4-18(5-8-21)16-31-12-10-20(17-31)29-24(32)15-28-25(33)19-6-9-22(26)23(27)14-19/h4-9,14,20H,3,10-13,15-17H2,1-2H3,(H,28,33)(H,29,32)/t20-/m0/s1. The van der Waals surface area contributed by atoms with Crippen LogP contribution in [0.25, 0.3) is 0 Å². The van der Waals surface area contributed by atoms with Crippen molar-refractivity contribution in [2.75, 3.05) is 46.9 Å². The van der Waals surface area contributed by atoms with Gasteiger partial charge in [-0.1, -0.05) is 35.3 Å². The second kappa shape index (κ2) is 13.0. The van der Waals surface area contributed by atoms with E-state index in [0.717, 1.165) is 44.8 Å². The first-order valence-corrected chi connectivity index (χ1v) is 12.2. The van der Waals surface area contributed by atoms with Crippen molar-refractivity contribution in [2.24, 2.45) is 0 Å². The second-order valence-electron chi connectivity index (χ2n) is 8.75. The van der Waals surface area contributed by atoms with Crippen LogP contribution in [0, 0.1) is 0 Å². The van der Waals surface area contributed by atoms with Crippen LogP contribution in [0.5, 0.6) is 5.75 Å². The Bertz CT molecular complexity index is 969. The summed E-state index contributed by atoms with van der Waals surface area (Å²) in [5.41, 5.74) is 1.57. The molecule has 1 atom stereocenters. The van der Waals surface area contributed by atoms with Gasteiger partial charge in [0.15, 0.2) is 0 Å². The number of benzene rings is 2. The van der Waals surface area contributed by atoms with Gasteiger partial charge in [0.1, 0.15) is 5.75 Å². The minimum absolute atomic E-state index is 0.0636. The number of nitrogens with zero attached hydrogens (tertiary/aromatic N) is 2. The minimum atomic E-state index is -0.369.